The van der Waals surface area contributed by atoms with Crippen LogP contribution < -0.4 is 5.56 Å². The molecule has 124 valence electrons. The lowest BCUT2D eigenvalue weighted by atomic mass is 9.97. The van der Waals surface area contributed by atoms with Crippen molar-refractivity contribution < 1.29 is 0 Å². The van der Waals surface area contributed by atoms with Gasteiger partial charge in [-0.15, -0.1) is 0 Å². The second kappa shape index (κ2) is 8.00. The molecule has 0 aliphatic heterocycles. The van der Waals surface area contributed by atoms with E-state index in [1.54, 1.807) is 4.57 Å². The van der Waals surface area contributed by atoms with Crippen LogP contribution in [0.1, 0.15) is 32.1 Å². The van der Waals surface area contributed by atoms with Crippen molar-refractivity contribution in [2.75, 3.05) is 5.75 Å². The van der Waals surface area contributed by atoms with E-state index in [1.807, 2.05) is 18.2 Å². The zero-order chi connectivity index (χ0) is 16.9. The Hall–Kier alpha value is -1.58. The first-order valence-corrected chi connectivity index (χ1v) is 9.84. The topological polar surface area (TPSA) is 58.7 Å². The summed E-state index contributed by atoms with van der Waals surface area (Å²) in [6, 6.07) is 7.65. The molecule has 6 heteroatoms. The third-order valence-corrected chi connectivity index (χ3v) is 5.53. The van der Waals surface area contributed by atoms with E-state index in [1.165, 1.54) is 30.2 Å². The van der Waals surface area contributed by atoms with E-state index in [0.717, 1.165) is 23.7 Å². The molecule has 0 atom stereocenters. The summed E-state index contributed by atoms with van der Waals surface area (Å²) in [7, 11) is 0. The molecular weight excluding hydrogens is 386 g/mol. The molecule has 1 aliphatic carbocycles. The van der Waals surface area contributed by atoms with Crippen LogP contribution in [0.3, 0.4) is 0 Å². The fraction of sp³-hybridized carbons (Fsp3) is 0.389. The molecule has 1 aliphatic rings. The predicted molar refractivity (Wildman–Crippen MR) is 101 cm³/mol. The van der Waals surface area contributed by atoms with Crippen LogP contribution in [0.25, 0.3) is 10.9 Å². The van der Waals surface area contributed by atoms with Crippen molar-refractivity contribution in [3.63, 3.8) is 0 Å². The van der Waals surface area contributed by atoms with Crippen LogP contribution in [-0.2, 0) is 6.54 Å². The van der Waals surface area contributed by atoms with Crippen LogP contribution in [0, 0.1) is 11.3 Å². The number of hydrogen-bond donors (Lipinski definition) is 0. The number of nitrogens with zero attached hydrogens (tertiary/aromatic N) is 3. The van der Waals surface area contributed by atoms with Crippen LogP contribution in [0.4, 0.5) is 0 Å². The number of benzene rings is 1. The van der Waals surface area contributed by atoms with Gasteiger partial charge in [0.1, 0.15) is 0 Å². The first kappa shape index (κ1) is 17.2. The minimum Gasteiger partial charge on any atom is -0.287 e. The molecule has 3 rings (SSSR count). The number of allylic oxidation sites excluding steroid dienone is 2. The molecule has 0 saturated heterocycles. The molecule has 4 nitrogen and oxygen atoms in total. The molecule has 0 bridgehead atoms. The van der Waals surface area contributed by atoms with E-state index >= 15 is 0 Å². The summed E-state index contributed by atoms with van der Waals surface area (Å²) in [5.74, 6) is 0.289. The number of fused-ring (bicyclic) bond motifs is 1. The summed E-state index contributed by atoms with van der Waals surface area (Å²) in [5.41, 5.74) is 2.08. The standard InChI is InChI=1S/C18H18BrN3OS/c19-14-6-7-16-15(12-14)17(23)22(18(21-16)24-11-9-20)10-8-13-4-2-1-3-5-13/h4,6-7,12H,1-3,5,8,10-11H2. The molecule has 1 aromatic carbocycles. The molecule has 0 radical (unpaired) electrons. The number of thioether (sulfide) groups is 1. The fourth-order valence-corrected chi connectivity index (χ4v) is 4.01. The lowest BCUT2D eigenvalue weighted by Crippen LogP contribution is -2.24. The highest BCUT2D eigenvalue weighted by Crippen LogP contribution is 2.23. The summed E-state index contributed by atoms with van der Waals surface area (Å²) < 4.78 is 2.60. The summed E-state index contributed by atoms with van der Waals surface area (Å²) >= 11 is 4.75. The zero-order valence-electron chi connectivity index (χ0n) is 13.3. The predicted octanol–water partition coefficient (Wildman–Crippen LogP) is 4.67. The smallest absolute Gasteiger partial charge is 0.262 e. The van der Waals surface area contributed by atoms with Gasteiger partial charge in [0.05, 0.1) is 22.7 Å². The van der Waals surface area contributed by atoms with Crippen LogP contribution in [-0.4, -0.2) is 15.3 Å². The molecule has 1 heterocycles. The van der Waals surface area contributed by atoms with Crippen molar-refractivity contribution in [1.82, 2.24) is 9.55 Å². The Bertz CT molecular complexity index is 882. The lowest BCUT2D eigenvalue weighted by molar-refractivity contribution is 0.569. The number of halogens is 1. The minimum absolute atomic E-state index is 0.0295. The molecule has 0 amide bonds. The van der Waals surface area contributed by atoms with E-state index < -0.39 is 0 Å². The second-order valence-corrected chi connectivity index (χ2v) is 7.68. The van der Waals surface area contributed by atoms with Crippen LogP contribution in [0.2, 0.25) is 0 Å². The van der Waals surface area contributed by atoms with Crippen molar-refractivity contribution >= 4 is 38.6 Å². The van der Waals surface area contributed by atoms with E-state index in [0.29, 0.717) is 22.6 Å². The van der Waals surface area contributed by atoms with Gasteiger partial charge in [-0.3, -0.25) is 9.36 Å². The SMILES string of the molecule is N#CCSc1nc2ccc(Br)cc2c(=O)n1CCC1=CCCCC1. The van der Waals surface area contributed by atoms with Gasteiger partial charge < -0.3 is 0 Å². The summed E-state index contributed by atoms with van der Waals surface area (Å²) in [4.78, 5) is 17.5. The molecule has 2 aromatic rings. The average molecular weight is 404 g/mol. The molecule has 1 aromatic heterocycles. The van der Waals surface area contributed by atoms with Crippen molar-refractivity contribution in [3.8, 4) is 6.07 Å². The molecule has 0 saturated carbocycles. The third kappa shape index (κ3) is 3.90. The largest absolute Gasteiger partial charge is 0.287 e. The molecule has 0 fully saturated rings. The van der Waals surface area contributed by atoms with E-state index in [-0.39, 0.29) is 11.3 Å². The van der Waals surface area contributed by atoms with Gasteiger partial charge in [0, 0.05) is 11.0 Å². The van der Waals surface area contributed by atoms with Crippen molar-refractivity contribution in [3.05, 3.63) is 44.7 Å². The second-order valence-electron chi connectivity index (χ2n) is 5.82. The normalized spacial score (nSPS) is 14.4. The highest BCUT2D eigenvalue weighted by molar-refractivity contribution is 9.10. The maximum atomic E-state index is 12.9. The number of aromatic nitrogens is 2. The quantitative estimate of drug-likeness (QED) is 0.413. The number of hydrogen-bond acceptors (Lipinski definition) is 4. The Balaban J connectivity index is 1.98. The highest BCUT2D eigenvalue weighted by Gasteiger charge is 2.13. The lowest BCUT2D eigenvalue weighted by Gasteiger charge is -2.16. The first-order chi connectivity index (χ1) is 11.7. The van der Waals surface area contributed by atoms with Crippen LogP contribution in [0.5, 0.6) is 0 Å². The summed E-state index contributed by atoms with van der Waals surface area (Å²) in [5, 5.41) is 10.1. The van der Waals surface area contributed by atoms with Crippen molar-refractivity contribution in [1.29, 1.82) is 5.26 Å². The molecule has 0 unspecified atom stereocenters. The van der Waals surface area contributed by atoms with E-state index in [4.69, 9.17) is 5.26 Å². The first-order valence-electron chi connectivity index (χ1n) is 8.07. The van der Waals surface area contributed by atoms with Crippen molar-refractivity contribution in [2.24, 2.45) is 0 Å². The Morgan fingerprint density at radius 1 is 1.38 bits per heavy atom. The van der Waals surface area contributed by atoms with Crippen molar-refractivity contribution in [2.45, 2.75) is 43.8 Å². The minimum atomic E-state index is -0.0295. The number of rotatable bonds is 5. The highest BCUT2D eigenvalue weighted by atomic mass is 79.9. The van der Waals surface area contributed by atoms with Gasteiger partial charge in [-0.25, -0.2) is 4.98 Å². The van der Waals surface area contributed by atoms with Gasteiger partial charge in [-0.05, 0) is 50.3 Å². The molecule has 0 spiro atoms. The van der Waals surface area contributed by atoms with Crippen LogP contribution in [0.15, 0.2) is 44.3 Å². The monoisotopic (exact) mass is 403 g/mol. The Kier molecular flexibility index (Phi) is 5.75. The Morgan fingerprint density at radius 3 is 3.00 bits per heavy atom. The van der Waals surface area contributed by atoms with Gasteiger partial charge >= 0.3 is 0 Å². The third-order valence-electron chi connectivity index (χ3n) is 4.19. The Labute approximate surface area is 153 Å². The van der Waals surface area contributed by atoms with Crippen LogP contribution >= 0.6 is 27.7 Å². The molecule has 0 N–H and O–H groups in total. The van der Waals surface area contributed by atoms with E-state index in [9.17, 15) is 4.79 Å². The van der Waals surface area contributed by atoms with Gasteiger partial charge in [0.15, 0.2) is 5.16 Å². The Morgan fingerprint density at radius 2 is 2.25 bits per heavy atom. The fourth-order valence-electron chi connectivity index (χ4n) is 2.96. The number of nitriles is 1. The van der Waals surface area contributed by atoms with E-state index in [2.05, 4.69) is 33.1 Å². The average Bonchev–Trinajstić information content (AvgIpc) is 2.61. The van der Waals surface area contributed by atoms with Gasteiger partial charge in [-0.1, -0.05) is 39.3 Å². The van der Waals surface area contributed by atoms with Gasteiger partial charge in [0.2, 0.25) is 0 Å². The molecule has 24 heavy (non-hydrogen) atoms. The maximum Gasteiger partial charge on any atom is 0.262 e. The maximum absolute atomic E-state index is 12.9. The van der Waals surface area contributed by atoms with Gasteiger partial charge in [-0.2, -0.15) is 5.26 Å². The zero-order valence-corrected chi connectivity index (χ0v) is 15.7. The summed E-state index contributed by atoms with van der Waals surface area (Å²) in [6.45, 7) is 0.619. The summed E-state index contributed by atoms with van der Waals surface area (Å²) in [6.07, 6.45) is 7.95. The molecular formula is C18H18BrN3OS. The van der Waals surface area contributed by atoms with Gasteiger partial charge in [0.25, 0.3) is 5.56 Å².